The van der Waals surface area contributed by atoms with Gasteiger partial charge in [0, 0.05) is 17.9 Å². The van der Waals surface area contributed by atoms with Crippen LogP contribution in [0.25, 0.3) is 0 Å². The highest BCUT2D eigenvalue weighted by Crippen LogP contribution is 2.49. The van der Waals surface area contributed by atoms with E-state index in [1.54, 1.807) is 7.11 Å². The molecule has 1 fully saturated rings. The fourth-order valence-electron chi connectivity index (χ4n) is 4.81. The van der Waals surface area contributed by atoms with E-state index in [4.69, 9.17) is 14.6 Å². The first-order chi connectivity index (χ1) is 13.3. The Morgan fingerprint density at radius 3 is 2.59 bits per heavy atom. The van der Waals surface area contributed by atoms with Crippen molar-refractivity contribution in [2.45, 2.75) is 50.8 Å². The summed E-state index contributed by atoms with van der Waals surface area (Å²) in [5.41, 5.74) is 3.55. The molecule has 0 radical (unpaired) electrons. The summed E-state index contributed by atoms with van der Waals surface area (Å²) in [5, 5.41) is 7.33. The smallest absolute Gasteiger partial charge is 0.190 e. The first kappa shape index (κ1) is 16.7. The molecule has 2 heterocycles. The summed E-state index contributed by atoms with van der Waals surface area (Å²) in [6.45, 7) is 0. The second-order valence-electron chi connectivity index (χ2n) is 7.80. The van der Waals surface area contributed by atoms with Crippen LogP contribution in [0.5, 0.6) is 11.5 Å². The molecule has 2 aromatic rings. The van der Waals surface area contributed by atoms with Gasteiger partial charge in [-0.05, 0) is 24.5 Å². The number of hydrazone groups is 1. The molecule has 4 nitrogen and oxygen atoms in total. The van der Waals surface area contributed by atoms with Crippen LogP contribution < -0.4 is 9.47 Å². The monoisotopic (exact) mass is 362 g/mol. The number of hydrogen-bond donors (Lipinski definition) is 0. The number of benzene rings is 2. The van der Waals surface area contributed by atoms with Gasteiger partial charge >= 0.3 is 0 Å². The molecule has 1 aliphatic carbocycles. The van der Waals surface area contributed by atoms with Crippen LogP contribution in [-0.2, 0) is 0 Å². The minimum atomic E-state index is 0.000289. The van der Waals surface area contributed by atoms with Gasteiger partial charge in [-0.2, -0.15) is 5.10 Å². The second kappa shape index (κ2) is 6.91. The number of nitrogens with zero attached hydrogens (tertiary/aromatic N) is 2. The Bertz CT molecular complexity index is 843. The normalized spacial score (nSPS) is 24.6. The molecule has 0 saturated heterocycles. The van der Waals surface area contributed by atoms with E-state index in [1.165, 1.54) is 43.2 Å². The van der Waals surface area contributed by atoms with Crippen LogP contribution in [0.1, 0.15) is 55.7 Å². The maximum absolute atomic E-state index is 6.59. The van der Waals surface area contributed by atoms with Crippen molar-refractivity contribution >= 4 is 5.71 Å². The highest BCUT2D eigenvalue weighted by Gasteiger charge is 2.44. The minimum absolute atomic E-state index is 0.000289. The average Bonchev–Trinajstić information content (AvgIpc) is 3.20. The topological polar surface area (TPSA) is 34.1 Å². The zero-order valence-corrected chi connectivity index (χ0v) is 15.8. The van der Waals surface area contributed by atoms with Gasteiger partial charge in [-0.3, -0.25) is 0 Å². The number of ether oxygens (including phenoxy) is 2. The summed E-state index contributed by atoms with van der Waals surface area (Å²) in [7, 11) is 1.72. The lowest BCUT2D eigenvalue weighted by Crippen LogP contribution is -2.46. The molecule has 1 saturated carbocycles. The Hall–Kier alpha value is -2.49. The van der Waals surface area contributed by atoms with Gasteiger partial charge in [0.05, 0.1) is 18.9 Å². The summed E-state index contributed by atoms with van der Waals surface area (Å²) in [4.78, 5) is 0. The Labute approximate surface area is 160 Å². The Kier molecular flexibility index (Phi) is 4.27. The van der Waals surface area contributed by atoms with Crippen LogP contribution in [-0.4, -0.2) is 24.1 Å². The lowest BCUT2D eigenvalue weighted by Gasteiger charge is -2.43. The van der Waals surface area contributed by atoms with Gasteiger partial charge in [0.1, 0.15) is 0 Å². The van der Waals surface area contributed by atoms with Crippen molar-refractivity contribution < 1.29 is 9.47 Å². The third-order valence-corrected chi connectivity index (χ3v) is 6.19. The van der Waals surface area contributed by atoms with Gasteiger partial charge in [-0.15, -0.1) is 0 Å². The van der Waals surface area contributed by atoms with E-state index < -0.39 is 0 Å². The fourth-order valence-corrected chi connectivity index (χ4v) is 4.81. The molecule has 0 aromatic heterocycles. The Morgan fingerprint density at radius 1 is 1.00 bits per heavy atom. The zero-order valence-electron chi connectivity index (χ0n) is 15.8. The molecule has 3 aliphatic rings. The van der Waals surface area contributed by atoms with E-state index in [9.17, 15) is 0 Å². The quantitative estimate of drug-likeness (QED) is 0.758. The summed E-state index contributed by atoms with van der Waals surface area (Å²) in [6.07, 6.45) is 7.26. The first-order valence-corrected chi connectivity index (χ1v) is 10.1. The number of rotatable bonds is 3. The van der Waals surface area contributed by atoms with Gasteiger partial charge in [-0.1, -0.05) is 61.7 Å². The molecule has 2 aromatic carbocycles. The maximum atomic E-state index is 6.59. The van der Waals surface area contributed by atoms with Gasteiger partial charge in [-0.25, -0.2) is 5.01 Å². The molecule has 2 unspecified atom stereocenters. The maximum Gasteiger partial charge on any atom is 0.190 e. The standard InChI is InChI=1S/C23H26N2O2/c1-26-21-14-8-13-18-20-15-19(16-9-4-2-5-10-16)24-25(20)23(27-22(18)21)17-11-6-3-7-12-17/h2,4-5,8-10,13-14,17,20,23H,3,6-7,11-12,15H2,1H3. The SMILES string of the molecule is COc1cccc2c1OC(C1CCCCC1)N1N=C(c3ccccc3)CC21. The van der Waals surface area contributed by atoms with Gasteiger partial charge in [0.2, 0.25) is 0 Å². The predicted molar refractivity (Wildman–Crippen MR) is 106 cm³/mol. The molecule has 0 spiro atoms. The molecular weight excluding hydrogens is 336 g/mol. The molecule has 0 bridgehead atoms. The van der Waals surface area contributed by atoms with Crippen LogP contribution >= 0.6 is 0 Å². The van der Waals surface area contributed by atoms with Crippen LogP contribution in [0.4, 0.5) is 0 Å². The molecule has 4 heteroatoms. The lowest BCUT2D eigenvalue weighted by atomic mass is 9.86. The van der Waals surface area contributed by atoms with Gasteiger partial charge < -0.3 is 9.47 Å². The van der Waals surface area contributed by atoms with Crippen LogP contribution in [0.3, 0.4) is 0 Å². The molecule has 0 N–H and O–H groups in total. The summed E-state index contributed by atoms with van der Waals surface area (Å²) in [6, 6.07) is 17.0. The van der Waals surface area contributed by atoms with Crippen LogP contribution in [0.15, 0.2) is 53.6 Å². The van der Waals surface area contributed by atoms with Crippen molar-refractivity contribution in [3.05, 3.63) is 59.7 Å². The molecule has 5 rings (SSSR count). The zero-order chi connectivity index (χ0) is 18.2. The average molecular weight is 362 g/mol. The van der Waals surface area contributed by atoms with Crippen molar-refractivity contribution in [3.63, 3.8) is 0 Å². The molecule has 2 atom stereocenters. The van der Waals surface area contributed by atoms with Crippen LogP contribution in [0, 0.1) is 5.92 Å². The van der Waals surface area contributed by atoms with Crippen molar-refractivity contribution in [1.82, 2.24) is 5.01 Å². The lowest BCUT2D eigenvalue weighted by molar-refractivity contribution is -0.0656. The van der Waals surface area contributed by atoms with Crippen LogP contribution in [0.2, 0.25) is 0 Å². The molecule has 140 valence electrons. The van der Waals surface area contributed by atoms with E-state index in [1.807, 2.05) is 6.07 Å². The number of methoxy groups -OCH3 is 1. The Balaban J connectivity index is 1.56. The van der Waals surface area contributed by atoms with Crippen molar-refractivity contribution in [2.75, 3.05) is 7.11 Å². The van der Waals surface area contributed by atoms with Crippen molar-refractivity contribution in [2.24, 2.45) is 11.0 Å². The van der Waals surface area contributed by atoms with Gasteiger partial charge in [0.25, 0.3) is 0 Å². The largest absolute Gasteiger partial charge is 0.493 e. The van der Waals surface area contributed by atoms with E-state index in [0.717, 1.165) is 23.6 Å². The predicted octanol–water partition coefficient (Wildman–Crippen LogP) is 5.15. The molecule has 27 heavy (non-hydrogen) atoms. The summed E-state index contributed by atoms with van der Waals surface area (Å²) < 4.78 is 12.2. The Morgan fingerprint density at radius 2 is 1.81 bits per heavy atom. The van der Waals surface area contributed by atoms with Crippen molar-refractivity contribution in [3.8, 4) is 11.5 Å². The number of hydrogen-bond acceptors (Lipinski definition) is 4. The van der Waals surface area contributed by atoms with Gasteiger partial charge in [0.15, 0.2) is 17.7 Å². The third-order valence-electron chi connectivity index (χ3n) is 6.19. The number of fused-ring (bicyclic) bond motifs is 3. The highest BCUT2D eigenvalue weighted by atomic mass is 16.5. The van der Waals surface area contributed by atoms with E-state index in [2.05, 4.69) is 47.5 Å². The second-order valence-corrected chi connectivity index (χ2v) is 7.80. The molecule has 2 aliphatic heterocycles. The van der Waals surface area contributed by atoms with E-state index in [-0.39, 0.29) is 12.3 Å². The van der Waals surface area contributed by atoms with E-state index in [0.29, 0.717) is 5.92 Å². The number of para-hydroxylation sites is 1. The summed E-state index contributed by atoms with van der Waals surface area (Å²) in [5.74, 6) is 2.28. The van der Waals surface area contributed by atoms with E-state index >= 15 is 0 Å². The fraction of sp³-hybridized carbons (Fsp3) is 0.435. The first-order valence-electron chi connectivity index (χ1n) is 10.1. The molecule has 0 amide bonds. The third kappa shape index (κ3) is 2.88. The molecular formula is C23H26N2O2. The summed E-state index contributed by atoms with van der Waals surface area (Å²) >= 11 is 0. The highest BCUT2D eigenvalue weighted by molar-refractivity contribution is 6.01. The van der Waals surface area contributed by atoms with Crippen molar-refractivity contribution in [1.29, 1.82) is 0 Å². The minimum Gasteiger partial charge on any atom is -0.493 e.